The largest absolute Gasteiger partial charge is 0.338 e. The van der Waals surface area contributed by atoms with Gasteiger partial charge in [0, 0.05) is 30.2 Å². The number of hydrogen-bond donors (Lipinski definition) is 0. The highest BCUT2D eigenvalue weighted by atomic mass is 35.5. The average molecular weight is 331 g/mol. The molecule has 1 aliphatic rings. The molecule has 3 rings (SSSR count). The summed E-state index contributed by atoms with van der Waals surface area (Å²) in [5, 5.41) is 13.7. The molecule has 2 aromatic rings. The normalized spacial score (nSPS) is 17.1. The highest BCUT2D eigenvalue weighted by Crippen LogP contribution is 2.27. The van der Waals surface area contributed by atoms with E-state index in [0.717, 1.165) is 12.0 Å². The van der Waals surface area contributed by atoms with E-state index in [1.54, 1.807) is 25.2 Å². The molecule has 0 saturated carbocycles. The van der Waals surface area contributed by atoms with Crippen LogP contribution in [-0.2, 0) is 4.79 Å². The average Bonchev–Trinajstić information content (AvgIpc) is 3.22. The molecule has 0 unspecified atom stereocenters. The van der Waals surface area contributed by atoms with Gasteiger partial charge in [-0.3, -0.25) is 14.6 Å². The van der Waals surface area contributed by atoms with Crippen molar-refractivity contribution in [3.63, 3.8) is 0 Å². The van der Waals surface area contributed by atoms with Gasteiger partial charge < -0.3 is 4.52 Å². The third kappa shape index (κ3) is 3.01. The number of nitrogens with zero attached hydrogens (tertiary/aromatic N) is 4. The Balaban J connectivity index is 1.80. The second kappa shape index (κ2) is 6.31. The molecule has 0 bridgehead atoms. The molecular formula is C16H15ClN4O2. The maximum absolute atomic E-state index is 12.5. The second-order valence-corrected chi connectivity index (χ2v) is 5.85. The van der Waals surface area contributed by atoms with E-state index in [4.69, 9.17) is 21.4 Å². The molecule has 0 spiro atoms. The first-order chi connectivity index (χ1) is 11.1. The van der Waals surface area contributed by atoms with Gasteiger partial charge in [-0.2, -0.15) is 5.26 Å². The first-order valence-electron chi connectivity index (χ1n) is 7.27. The monoisotopic (exact) mass is 330 g/mol. The standard InChI is InChI=1S/C16H15ClN4O2/c1-20(16(22)14-6-3-7-21(14)10-18)15-9-13(19-23-15)11-4-2-5-12(17)8-11/h2,4-5,8-9,14H,3,6-7H2,1H3/t14-/m0/s1. The van der Waals surface area contributed by atoms with E-state index in [-0.39, 0.29) is 5.91 Å². The van der Waals surface area contributed by atoms with Crippen LogP contribution >= 0.6 is 11.6 Å². The summed E-state index contributed by atoms with van der Waals surface area (Å²) in [6.07, 6.45) is 3.57. The summed E-state index contributed by atoms with van der Waals surface area (Å²) < 4.78 is 5.28. The van der Waals surface area contributed by atoms with E-state index >= 15 is 0 Å². The van der Waals surface area contributed by atoms with Crippen molar-refractivity contribution in [3.05, 3.63) is 35.4 Å². The van der Waals surface area contributed by atoms with Gasteiger partial charge in [0.05, 0.1) is 0 Å². The first kappa shape index (κ1) is 15.4. The number of likely N-dealkylation sites (N-methyl/N-ethyl adjacent to an activating group) is 1. The number of amides is 1. The van der Waals surface area contributed by atoms with Gasteiger partial charge in [-0.05, 0) is 25.0 Å². The fourth-order valence-corrected chi connectivity index (χ4v) is 2.87. The minimum atomic E-state index is -0.426. The van der Waals surface area contributed by atoms with Gasteiger partial charge in [-0.15, -0.1) is 0 Å². The number of anilines is 1. The van der Waals surface area contributed by atoms with Gasteiger partial charge in [0.2, 0.25) is 5.88 Å². The molecule has 0 aliphatic carbocycles. The number of benzene rings is 1. The highest BCUT2D eigenvalue weighted by Gasteiger charge is 2.33. The molecule has 23 heavy (non-hydrogen) atoms. The Kier molecular flexibility index (Phi) is 4.22. The zero-order valence-corrected chi connectivity index (χ0v) is 13.3. The van der Waals surface area contributed by atoms with Crippen LogP contribution in [-0.4, -0.2) is 35.6 Å². The summed E-state index contributed by atoms with van der Waals surface area (Å²) in [7, 11) is 1.62. The first-order valence-corrected chi connectivity index (χ1v) is 7.64. The van der Waals surface area contributed by atoms with E-state index in [1.807, 2.05) is 12.1 Å². The molecule has 2 heterocycles. The topological polar surface area (TPSA) is 73.4 Å². The Labute approximate surface area is 138 Å². The maximum Gasteiger partial charge on any atom is 0.252 e. The summed E-state index contributed by atoms with van der Waals surface area (Å²) in [5.74, 6) is 0.174. The summed E-state index contributed by atoms with van der Waals surface area (Å²) in [6, 6.07) is 8.51. The number of hydrogen-bond acceptors (Lipinski definition) is 5. The quantitative estimate of drug-likeness (QED) is 0.809. The number of aromatic nitrogens is 1. The van der Waals surface area contributed by atoms with Gasteiger partial charge in [0.1, 0.15) is 11.7 Å². The molecule has 7 heteroatoms. The number of carbonyl (C=O) groups is 1. The molecule has 118 valence electrons. The van der Waals surface area contributed by atoms with Gasteiger partial charge in [-0.1, -0.05) is 28.9 Å². The van der Waals surface area contributed by atoms with Gasteiger partial charge in [0.25, 0.3) is 5.91 Å². The molecular weight excluding hydrogens is 316 g/mol. The van der Waals surface area contributed by atoms with E-state index in [1.165, 1.54) is 9.80 Å². The Morgan fingerprint density at radius 3 is 3.09 bits per heavy atom. The molecule has 1 amide bonds. The lowest BCUT2D eigenvalue weighted by Crippen LogP contribution is -2.42. The Morgan fingerprint density at radius 2 is 2.35 bits per heavy atom. The van der Waals surface area contributed by atoms with Crippen molar-refractivity contribution >= 4 is 23.4 Å². The van der Waals surface area contributed by atoms with E-state index in [9.17, 15) is 4.79 Å². The summed E-state index contributed by atoms with van der Waals surface area (Å²) in [4.78, 5) is 15.5. The van der Waals surface area contributed by atoms with Crippen LogP contribution in [0.4, 0.5) is 5.88 Å². The van der Waals surface area contributed by atoms with Crippen LogP contribution in [0.25, 0.3) is 11.3 Å². The smallest absolute Gasteiger partial charge is 0.252 e. The van der Waals surface area contributed by atoms with Crippen LogP contribution in [0.5, 0.6) is 0 Å². The van der Waals surface area contributed by atoms with Crippen molar-refractivity contribution in [1.29, 1.82) is 5.26 Å². The van der Waals surface area contributed by atoms with Crippen LogP contribution in [0.3, 0.4) is 0 Å². The summed E-state index contributed by atoms with van der Waals surface area (Å²) in [5.41, 5.74) is 1.42. The van der Waals surface area contributed by atoms with Crippen molar-refractivity contribution in [1.82, 2.24) is 10.1 Å². The molecule has 1 atom stereocenters. The van der Waals surface area contributed by atoms with Crippen LogP contribution in [0.2, 0.25) is 5.02 Å². The zero-order valence-electron chi connectivity index (χ0n) is 12.6. The van der Waals surface area contributed by atoms with Gasteiger partial charge in [-0.25, -0.2) is 0 Å². The lowest BCUT2D eigenvalue weighted by molar-refractivity contribution is -0.121. The molecule has 0 N–H and O–H groups in total. The molecule has 1 aromatic heterocycles. The van der Waals surface area contributed by atoms with E-state index in [0.29, 0.717) is 29.6 Å². The Bertz CT molecular complexity index is 767. The molecule has 1 aromatic carbocycles. The fraction of sp³-hybridized carbons (Fsp3) is 0.312. The molecule has 1 fully saturated rings. The maximum atomic E-state index is 12.5. The number of likely N-dealkylation sites (tertiary alicyclic amines) is 1. The summed E-state index contributed by atoms with van der Waals surface area (Å²) in [6.45, 7) is 0.616. The van der Waals surface area contributed by atoms with Crippen LogP contribution in [0.15, 0.2) is 34.9 Å². The van der Waals surface area contributed by atoms with Crippen molar-refractivity contribution in [2.45, 2.75) is 18.9 Å². The molecule has 6 nitrogen and oxygen atoms in total. The van der Waals surface area contributed by atoms with Crippen LogP contribution < -0.4 is 4.90 Å². The van der Waals surface area contributed by atoms with Crippen molar-refractivity contribution in [3.8, 4) is 17.5 Å². The SMILES string of the molecule is CN(C(=O)[C@@H]1CCCN1C#N)c1cc(-c2cccc(Cl)c2)no1. The number of nitriles is 1. The molecule has 1 aliphatic heterocycles. The van der Waals surface area contributed by atoms with Crippen molar-refractivity contribution in [2.24, 2.45) is 0 Å². The lowest BCUT2D eigenvalue weighted by atomic mass is 10.1. The predicted molar refractivity (Wildman–Crippen MR) is 85.7 cm³/mol. The van der Waals surface area contributed by atoms with Crippen molar-refractivity contribution in [2.75, 3.05) is 18.5 Å². The number of halogens is 1. The minimum absolute atomic E-state index is 0.169. The van der Waals surface area contributed by atoms with E-state index < -0.39 is 6.04 Å². The minimum Gasteiger partial charge on any atom is -0.338 e. The Morgan fingerprint density at radius 1 is 1.52 bits per heavy atom. The van der Waals surface area contributed by atoms with Crippen LogP contribution in [0, 0.1) is 11.5 Å². The zero-order chi connectivity index (χ0) is 16.4. The molecule has 1 saturated heterocycles. The predicted octanol–water partition coefficient (Wildman–Crippen LogP) is 2.90. The number of rotatable bonds is 3. The Hall–Kier alpha value is -2.52. The third-order valence-electron chi connectivity index (χ3n) is 3.95. The van der Waals surface area contributed by atoms with Crippen LogP contribution in [0.1, 0.15) is 12.8 Å². The second-order valence-electron chi connectivity index (χ2n) is 5.41. The molecule has 0 radical (unpaired) electrons. The third-order valence-corrected chi connectivity index (χ3v) is 4.18. The van der Waals surface area contributed by atoms with Gasteiger partial charge in [0.15, 0.2) is 6.19 Å². The van der Waals surface area contributed by atoms with E-state index in [2.05, 4.69) is 11.3 Å². The van der Waals surface area contributed by atoms with Gasteiger partial charge >= 0.3 is 0 Å². The number of carbonyl (C=O) groups excluding carboxylic acids is 1. The highest BCUT2D eigenvalue weighted by molar-refractivity contribution is 6.30. The fourth-order valence-electron chi connectivity index (χ4n) is 2.68. The lowest BCUT2D eigenvalue weighted by Gasteiger charge is -2.22. The summed E-state index contributed by atoms with van der Waals surface area (Å²) >= 11 is 5.97. The van der Waals surface area contributed by atoms with Crippen molar-refractivity contribution < 1.29 is 9.32 Å².